The third-order valence-corrected chi connectivity index (χ3v) is 5.46. The molecule has 0 amide bonds. The van der Waals surface area contributed by atoms with E-state index in [1.165, 1.54) is 0 Å². The lowest BCUT2D eigenvalue weighted by Crippen LogP contribution is -1.92. The van der Waals surface area contributed by atoms with Gasteiger partial charge in [0.2, 0.25) is 0 Å². The number of fused-ring (bicyclic) bond motifs is 2. The zero-order valence-corrected chi connectivity index (χ0v) is 15.9. The van der Waals surface area contributed by atoms with Crippen molar-refractivity contribution < 1.29 is 0 Å². The van der Waals surface area contributed by atoms with Crippen molar-refractivity contribution in [3.05, 3.63) is 65.0 Å². The van der Waals surface area contributed by atoms with E-state index in [9.17, 15) is 0 Å². The van der Waals surface area contributed by atoms with Crippen molar-refractivity contribution in [1.29, 1.82) is 0 Å². The van der Waals surface area contributed by atoms with E-state index < -0.39 is 0 Å². The Balaban J connectivity index is 1.44. The summed E-state index contributed by atoms with van der Waals surface area (Å²) < 4.78 is 2.86. The molecule has 0 aliphatic carbocycles. The van der Waals surface area contributed by atoms with Gasteiger partial charge in [0.15, 0.2) is 21.8 Å². The van der Waals surface area contributed by atoms with Crippen LogP contribution in [0.3, 0.4) is 0 Å². The quantitative estimate of drug-likeness (QED) is 0.426. The first-order chi connectivity index (χ1) is 13.2. The minimum Gasteiger partial charge on any atom is -0.332 e. The SMILES string of the molecule is Clc1ccc2nc(Nc3ccc(-c4nnc5c(Cl)nccn45)cc3)sc2c1. The first-order valence-corrected chi connectivity index (χ1v) is 9.53. The molecule has 27 heavy (non-hydrogen) atoms. The summed E-state index contributed by atoms with van der Waals surface area (Å²) in [4.78, 5) is 8.59. The molecule has 3 heterocycles. The molecule has 0 aliphatic rings. The predicted octanol–water partition coefficient (Wildman–Crippen LogP) is 5.45. The number of hydrogen-bond donors (Lipinski definition) is 1. The molecule has 0 saturated heterocycles. The number of rotatable bonds is 3. The molecule has 132 valence electrons. The molecule has 0 atom stereocenters. The molecule has 0 fully saturated rings. The smallest absolute Gasteiger partial charge is 0.198 e. The van der Waals surface area contributed by atoms with Crippen LogP contribution in [0.4, 0.5) is 10.8 Å². The fraction of sp³-hybridized carbons (Fsp3) is 0. The van der Waals surface area contributed by atoms with E-state index >= 15 is 0 Å². The average molecular weight is 413 g/mol. The summed E-state index contributed by atoms with van der Waals surface area (Å²) in [5, 5.41) is 13.5. The number of aromatic nitrogens is 5. The number of nitrogens with zero attached hydrogens (tertiary/aromatic N) is 5. The highest BCUT2D eigenvalue weighted by Crippen LogP contribution is 2.31. The summed E-state index contributed by atoms with van der Waals surface area (Å²) >= 11 is 13.7. The highest BCUT2D eigenvalue weighted by atomic mass is 35.5. The second kappa shape index (κ2) is 6.45. The Morgan fingerprint density at radius 3 is 2.70 bits per heavy atom. The Labute approximate surface area is 167 Å². The summed E-state index contributed by atoms with van der Waals surface area (Å²) in [6, 6.07) is 13.6. The Bertz CT molecular complexity index is 1280. The van der Waals surface area contributed by atoms with Crippen molar-refractivity contribution in [3.63, 3.8) is 0 Å². The third-order valence-electron chi connectivity index (χ3n) is 4.03. The number of hydrogen-bond acceptors (Lipinski definition) is 6. The van der Waals surface area contributed by atoms with Gasteiger partial charge in [0.05, 0.1) is 10.2 Å². The molecule has 0 radical (unpaired) electrons. The highest BCUT2D eigenvalue weighted by molar-refractivity contribution is 7.22. The van der Waals surface area contributed by atoms with E-state index in [1.54, 1.807) is 23.7 Å². The fourth-order valence-electron chi connectivity index (χ4n) is 2.77. The van der Waals surface area contributed by atoms with Crippen LogP contribution in [0.1, 0.15) is 0 Å². The molecule has 5 aromatic rings. The van der Waals surface area contributed by atoms with Crippen LogP contribution in [-0.4, -0.2) is 24.6 Å². The van der Waals surface area contributed by atoms with Gasteiger partial charge in [0.1, 0.15) is 0 Å². The van der Waals surface area contributed by atoms with E-state index in [1.807, 2.05) is 46.9 Å². The van der Waals surface area contributed by atoms with Crippen LogP contribution in [0.25, 0.3) is 27.3 Å². The van der Waals surface area contributed by atoms with Gasteiger partial charge in [-0.15, -0.1) is 10.2 Å². The zero-order valence-electron chi connectivity index (χ0n) is 13.6. The average Bonchev–Trinajstić information content (AvgIpc) is 3.26. The van der Waals surface area contributed by atoms with Crippen molar-refractivity contribution in [2.45, 2.75) is 0 Å². The minimum absolute atomic E-state index is 0.325. The summed E-state index contributed by atoms with van der Waals surface area (Å²) in [6.07, 6.45) is 3.41. The monoisotopic (exact) mass is 412 g/mol. The van der Waals surface area contributed by atoms with Gasteiger partial charge in [0.25, 0.3) is 0 Å². The Morgan fingerprint density at radius 2 is 1.85 bits per heavy atom. The minimum atomic E-state index is 0.325. The van der Waals surface area contributed by atoms with Crippen LogP contribution < -0.4 is 5.32 Å². The molecule has 0 unspecified atom stereocenters. The summed E-state index contributed by atoms with van der Waals surface area (Å²) in [5.41, 5.74) is 3.30. The highest BCUT2D eigenvalue weighted by Gasteiger charge is 2.11. The second-order valence-corrected chi connectivity index (χ2v) is 7.59. The van der Waals surface area contributed by atoms with Crippen molar-refractivity contribution in [3.8, 4) is 11.4 Å². The molecular weight excluding hydrogens is 403 g/mol. The molecule has 0 aliphatic heterocycles. The topological polar surface area (TPSA) is 68.0 Å². The van der Waals surface area contributed by atoms with E-state index in [4.69, 9.17) is 23.2 Å². The Hall–Kier alpha value is -2.74. The lowest BCUT2D eigenvalue weighted by atomic mass is 10.2. The van der Waals surface area contributed by atoms with E-state index in [-0.39, 0.29) is 0 Å². The van der Waals surface area contributed by atoms with Crippen molar-refractivity contribution in [2.24, 2.45) is 0 Å². The van der Waals surface area contributed by atoms with Crippen LogP contribution >= 0.6 is 34.5 Å². The maximum Gasteiger partial charge on any atom is 0.198 e. The molecule has 3 aromatic heterocycles. The van der Waals surface area contributed by atoms with Crippen LogP contribution in [0.15, 0.2) is 54.9 Å². The maximum atomic E-state index is 6.06. The molecule has 0 bridgehead atoms. The van der Waals surface area contributed by atoms with Gasteiger partial charge in [-0.25, -0.2) is 9.97 Å². The van der Waals surface area contributed by atoms with Crippen LogP contribution in [0, 0.1) is 0 Å². The molecule has 2 aromatic carbocycles. The first kappa shape index (κ1) is 16.4. The summed E-state index contributed by atoms with van der Waals surface area (Å²) in [7, 11) is 0. The second-order valence-electron chi connectivity index (χ2n) is 5.77. The summed E-state index contributed by atoms with van der Waals surface area (Å²) in [5.74, 6) is 0.704. The maximum absolute atomic E-state index is 6.06. The van der Waals surface area contributed by atoms with Gasteiger partial charge in [-0.3, -0.25) is 4.40 Å². The molecule has 6 nitrogen and oxygen atoms in total. The van der Waals surface area contributed by atoms with Gasteiger partial charge in [-0.2, -0.15) is 0 Å². The number of anilines is 2. The number of nitrogens with one attached hydrogen (secondary N) is 1. The predicted molar refractivity (Wildman–Crippen MR) is 109 cm³/mol. The number of halogens is 2. The van der Waals surface area contributed by atoms with Crippen molar-refractivity contribution in [1.82, 2.24) is 24.6 Å². The van der Waals surface area contributed by atoms with Crippen LogP contribution in [-0.2, 0) is 0 Å². The van der Waals surface area contributed by atoms with E-state index in [0.717, 1.165) is 26.6 Å². The first-order valence-electron chi connectivity index (χ1n) is 7.96. The normalized spacial score (nSPS) is 11.3. The molecule has 0 saturated carbocycles. The molecule has 0 spiro atoms. The number of benzene rings is 2. The van der Waals surface area contributed by atoms with Gasteiger partial charge in [-0.05, 0) is 42.5 Å². The number of thiazole rings is 1. The van der Waals surface area contributed by atoms with E-state index in [2.05, 4.69) is 25.5 Å². The van der Waals surface area contributed by atoms with E-state index in [0.29, 0.717) is 21.6 Å². The Morgan fingerprint density at radius 1 is 1.00 bits per heavy atom. The molecule has 9 heteroatoms. The lowest BCUT2D eigenvalue weighted by molar-refractivity contribution is 1.11. The Kier molecular flexibility index (Phi) is 3.93. The van der Waals surface area contributed by atoms with Gasteiger partial charge < -0.3 is 5.32 Å². The van der Waals surface area contributed by atoms with Gasteiger partial charge in [0, 0.05) is 28.7 Å². The van der Waals surface area contributed by atoms with Crippen molar-refractivity contribution >= 4 is 61.2 Å². The standard InChI is InChI=1S/C18H10Cl2N6S/c19-11-3-6-13-14(9-11)27-18(23-13)22-12-4-1-10(2-5-12)16-24-25-17-15(20)21-7-8-26(16)17/h1-9H,(H,22,23). The van der Waals surface area contributed by atoms with Crippen LogP contribution in [0.5, 0.6) is 0 Å². The summed E-state index contributed by atoms with van der Waals surface area (Å²) in [6.45, 7) is 0. The van der Waals surface area contributed by atoms with Crippen LogP contribution in [0.2, 0.25) is 10.2 Å². The van der Waals surface area contributed by atoms with Crippen molar-refractivity contribution in [2.75, 3.05) is 5.32 Å². The molecule has 5 rings (SSSR count). The lowest BCUT2D eigenvalue weighted by Gasteiger charge is -2.04. The largest absolute Gasteiger partial charge is 0.332 e. The zero-order chi connectivity index (χ0) is 18.4. The molecular formula is C18H10Cl2N6S. The van der Waals surface area contributed by atoms with Gasteiger partial charge in [-0.1, -0.05) is 34.5 Å². The third kappa shape index (κ3) is 2.99. The molecule has 1 N–H and O–H groups in total. The fourth-order valence-corrected chi connectivity index (χ4v) is 4.12. The van der Waals surface area contributed by atoms with Gasteiger partial charge >= 0.3 is 0 Å².